The molecule has 124 valence electrons. The highest BCUT2D eigenvalue weighted by atomic mass is 16.2. The zero-order valence-electron chi connectivity index (χ0n) is 13.5. The number of amides is 1. The topological polar surface area (TPSA) is 72.7 Å². The quantitative estimate of drug-likeness (QED) is 0.823. The minimum atomic E-state index is -0.420. The van der Waals surface area contributed by atoms with Crippen LogP contribution in [0.4, 0.5) is 0 Å². The molecule has 2 bridgehead atoms. The van der Waals surface area contributed by atoms with Crippen molar-refractivity contribution in [3.05, 3.63) is 54.4 Å². The molecular formula is C18H21N5O. The lowest BCUT2D eigenvalue weighted by atomic mass is 9.93. The number of carbonyl (C=O) groups is 1. The van der Waals surface area contributed by atoms with Gasteiger partial charge < -0.3 is 5.32 Å². The maximum Gasteiger partial charge on any atom is 0.245 e. The molecule has 1 amide bonds. The molecule has 0 spiro atoms. The molecule has 2 aliphatic carbocycles. The number of hydrogen-bond acceptors (Lipinski definition) is 4. The molecule has 1 saturated carbocycles. The smallest absolute Gasteiger partial charge is 0.245 e. The number of rotatable bonds is 6. The van der Waals surface area contributed by atoms with E-state index >= 15 is 0 Å². The molecule has 2 aromatic rings. The van der Waals surface area contributed by atoms with Gasteiger partial charge in [-0.15, -0.1) is 5.10 Å². The van der Waals surface area contributed by atoms with Crippen LogP contribution in [0.1, 0.15) is 24.4 Å². The van der Waals surface area contributed by atoms with Gasteiger partial charge in [0.05, 0.1) is 0 Å². The number of benzene rings is 1. The third-order valence-electron chi connectivity index (χ3n) is 5.21. The molecule has 0 aliphatic heterocycles. The predicted octanol–water partition coefficient (Wildman–Crippen LogP) is 1.79. The van der Waals surface area contributed by atoms with E-state index in [0.29, 0.717) is 18.3 Å². The third kappa shape index (κ3) is 3.09. The van der Waals surface area contributed by atoms with Gasteiger partial charge in [0.2, 0.25) is 5.91 Å². The number of tetrazole rings is 1. The van der Waals surface area contributed by atoms with Crippen molar-refractivity contribution >= 4 is 5.91 Å². The van der Waals surface area contributed by atoms with Crippen molar-refractivity contribution in [2.45, 2.75) is 25.3 Å². The summed E-state index contributed by atoms with van der Waals surface area (Å²) >= 11 is 0. The van der Waals surface area contributed by atoms with Crippen LogP contribution in [0, 0.1) is 17.8 Å². The Labute approximate surface area is 140 Å². The molecule has 1 fully saturated rings. The van der Waals surface area contributed by atoms with Crippen molar-refractivity contribution in [2.24, 2.45) is 17.8 Å². The number of nitrogens with zero attached hydrogens (tertiary/aromatic N) is 4. The average molecular weight is 323 g/mol. The Hall–Kier alpha value is -2.50. The summed E-state index contributed by atoms with van der Waals surface area (Å²) in [7, 11) is 0. The predicted molar refractivity (Wildman–Crippen MR) is 88.9 cm³/mol. The van der Waals surface area contributed by atoms with Crippen molar-refractivity contribution in [1.82, 2.24) is 25.5 Å². The molecule has 4 atom stereocenters. The number of nitrogens with one attached hydrogen (secondary N) is 1. The molecule has 4 rings (SSSR count). The Kier molecular flexibility index (Phi) is 4.11. The van der Waals surface area contributed by atoms with E-state index < -0.39 is 6.04 Å². The van der Waals surface area contributed by atoms with Gasteiger partial charge in [-0.25, -0.2) is 4.68 Å². The first kappa shape index (κ1) is 15.1. The number of hydrogen-bond donors (Lipinski definition) is 1. The molecule has 1 aromatic carbocycles. The van der Waals surface area contributed by atoms with Crippen molar-refractivity contribution < 1.29 is 4.79 Å². The van der Waals surface area contributed by atoms with Crippen LogP contribution < -0.4 is 5.32 Å². The summed E-state index contributed by atoms with van der Waals surface area (Å²) < 4.78 is 1.54. The van der Waals surface area contributed by atoms with Gasteiger partial charge in [-0.3, -0.25) is 4.79 Å². The van der Waals surface area contributed by atoms with E-state index in [4.69, 9.17) is 0 Å². The standard InChI is InChI=1S/C18H21N5O/c24-18(19-11-16-9-14-6-7-15(16)8-14)17(23-12-20-21-22-23)10-13-4-2-1-3-5-13/h1-7,12,14-17H,8-11H2,(H,19,24)/t14-,15-,16+,17-/m0/s1. The Morgan fingerprint density at radius 3 is 2.79 bits per heavy atom. The lowest BCUT2D eigenvalue weighted by Gasteiger charge is -2.21. The molecule has 6 nitrogen and oxygen atoms in total. The zero-order chi connectivity index (χ0) is 16.4. The number of allylic oxidation sites excluding steroid dienone is 2. The van der Waals surface area contributed by atoms with Crippen LogP contribution in [-0.4, -0.2) is 32.7 Å². The highest BCUT2D eigenvalue weighted by molar-refractivity contribution is 5.80. The van der Waals surface area contributed by atoms with Crippen molar-refractivity contribution in [3.8, 4) is 0 Å². The fraction of sp³-hybridized carbons (Fsp3) is 0.444. The van der Waals surface area contributed by atoms with Gasteiger partial charge in [-0.1, -0.05) is 42.5 Å². The molecule has 1 N–H and O–H groups in total. The SMILES string of the molecule is O=C(NC[C@H]1C[C@H]2C=C[C@H]1C2)[C@H](Cc1ccccc1)n1cnnn1. The molecule has 0 unspecified atom stereocenters. The Bertz CT molecular complexity index is 712. The summed E-state index contributed by atoms with van der Waals surface area (Å²) in [4.78, 5) is 12.8. The Balaban J connectivity index is 1.42. The minimum Gasteiger partial charge on any atom is -0.354 e. The minimum absolute atomic E-state index is 0.0158. The number of aromatic nitrogens is 4. The van der Waals surface area contributed by atoms with Crippen molar-refractivity contribution in [2.75, 3.05) is 6.54 Å². The first-order valence-corrected chi connectivity index (χ1v) is 8.52. The average Bonchev–Trinajstić information content (AvgIpc) is 3.36. The van der Waals surface area contributed by atoms with Crippen LogP contribution in [0.25, 0.3) is 0 Å². The lowest BCUT2D eigenvalue weighted by molar-refractivity contribution is -0.124. The monoisotopic (exact) mass is 323 g/mol. The highest BCUT2D eigenvalue weighted by Gasteiger charge is 2.36. The molecule has 1 heterocycles. The fourth-order valence-corrected chi connectivity index (χ4v) is 3.93. The van der Waals surface area contributed by atoms with Gasteiger partial charge in [0.15, 0.2) is 0 Å². The second-order valence-electron chi connectivity index (χ2n) is 6.78. The number of fused-ring (bicyclic) bond motifs is 2. The summed E-state index contributed by atoms with van der Waals surface area (Å²) in [6.45, 7) is 0.734. The van der Waals surface area contributed by atoms with Crippen molar-refractivity contribution in [3.63, 3.8) is 0 Å². The molecule has 1 aromatic heterocycles. The van der Waals surface area contributed by atoms with Gasteiger partial charge >= 0.3 is 0 Å². The van der Waals surface area contributed by atoms with Crippen LogP contribution in [-0.2, 0) is 11.2 Å². The van der Waals surface area contributed by atoms with E-state index in [-0.39, 0.29) is 5.91 Å². The fourth-order valence-electron chi connectivity index (χ4n) is 3.93. The molecule has 0 saturated heterocycles. The number of carbonyl (C=O) groups excluding carboxylic acids is 1. The summed E-state index contributed by atoms with van der Waals surface area (Å²) in [5.74, 6) is 1.90. The Morgan fingerprint density at radius 2 is 2.12 bits per heavy atom. The van der Waals surface area contributed by atoms with Crippen LogP contribution in [0.15, 0.2) is 48.8 Å². The van der Waals surface area contributed by atoms with Gasteiger partial charge in [0.25, 0.3) is 0 Å². The van der Waals surface area contributed by atoms with E-state index in [1.807, 2.05) is 30.3 Å². The normalized spacial score (nSPS) is 25.8. The summed E-state index contributed by atoms with van der Waals surface area (Å²) in [5.41, 5.74) is 1.09. The Morgan fingerprint density at radius 1 is 1.25 bits per heavy atom. The van der Waals surface area contributed by atoms with Gasteiger partial charge in [-0.05, 0) is 46.6 Å². The maximum absolute atomic E-state index is 12.8. The van der Waals surface area contributed by atoms with Crippen molar-refractivity contribution in [1.29, 1.82) is 0 Å². The molecular weight excluding hydrogens is 302 g/mol. The highest BCUT2D eigenvalue weighted by Crippen LogP contribution is 2.42. The van der Waals surface area contributed by atoms with Crippen LogP contribution >= 0.6 is 0 Å². The summed E-state index contributed by atoms with van der Waals surface area (Å²) in [6, 6.07) is 9.54. The summed E-state index contributed by atoms with van der Waals surface area (Å²) in [6.07, 6.45) is 9.16. The third-order valence-corrected chi connectivity index (χ3v) is 5.21. The van der Waals surface area contributed by atoms with Gasteiger partial charge in [-0.2, -0.15) is 0 Å². The molecule has 2 aliphatic rings. The van der Waals surface area contributed by atoms with E-state index in [9.17, 15) is 4.79 Å². The van der Waals surface area contributed by atoms with Crippen LogP contribution in [0.5, 0.6) is 0 Å². The van der Waals surface area contributed by atoms with Gasteiger partial charge in [0, 0.05) is 13.0 Å². The lowest BCUT2D eigenvalue weighted by Crippen LogP contribution is -2.37. The maximum atomic E-state index is 12.8. The molecule has 24 heavy (non-hydrogen) atoms. The van der Waals surface area contributed by atoms with E-state index in [0.717, 1.165) is 18.0 Å². The second-order valence-corrected chi connectivity index (χ2v) is 6.78. The summed E-state index contributed by atoms with van der Waals surface area (Å²) in [5, 5.41) is 14.4. The van der Waals surface area contributed by atoms with Gasteiger partial charge in [0.1, 0.15) is 12.4 Å². The van der Waals surface area contributed by atoms with E-state index in [1.165, 1.54) is 19.2 Å². The van der Waals surface area contributed by atoms with Crippen LogP contribution in [0.3, 0.4) is 0 Å². The van der Waals surface area contributed by atoms with Crippen LogP contribution in [0.2, 0.25) is 0 Å². The second kappa shape index (κ2) is 6.55. The first-order valence-electron chi connectivity index (χ1n) is 8.52. The first-order chi connectivity index (χ1) is 11.8. The van der Waals surface area contributed by atoms with E-state index in [2.05, 4.69) is 33.0 Å². The molecule has 6 heteroatoms. The van der Waals surface area contributed by atoms with E-state index in [1.54, 1.807) is 4.68 Å². The zero-order valence-corrected chi connectivity index (χ0v) is 13.5. The molecule has 0 radical (unpaired) electrons. The largest absolute Gasteiger partial charge is 0.354 e.